The van der Waals surface area contributed by atoms with Crippen molar-refractivity contribution >= 4 is 5.78 Å². The molecule has 0 aromatic carbocycles. The van der Waals surface area contributed by atoms with Gasteiger partial charge in [0.15, 0.2) is 0 Å². The van der Waals surface area contributed by atoms with Crippen LogP contribution in [0.3, 0.4) is 0 Å². The summed E-state index contributed by atoms with van der Waals surface area (Å²) in [5.74, 6) is -1.22. The lowest BCUT2D eigenvalue weighted by Crippen LogP contribution is -2.58. The molecule has 0 saturated carbocycles. The Balaban J connectivity index is 3.90. The van der Waals surface area contributed by atoms with E-state index in [0.717, 1.165) is 0 Å². The maximum atomic E-state index is 12.8. The van der Waals surface area contributed by atoms with Crippen LogP contribution in [0.1, 0.15) is 56.7 Å². The number of piperidine rings is 1. The number of nitrogens with zero attached hydrogens (tertiary/aromatic N) is 1. The number of hydrogen-bond donors (Lipinski definition) is 0. The molecule has 3 heteroatoms. The Labute approximate surface area is 90.2 Å². The van der Waals surface area contributed by atoms with Crippen molar-refractivity contribution in [3.8, 4) is 0 Å². The van der Waals surface area contributed by atoms with Gasteiger partial charge in [-0.15, -0.1) is 10.3 Å². The van der Waals surface area contributed by atoms with Crippen molar-refractivity contribution in [2.24, 2.45) is 0 Å². The highest BCUT2D eigenvalue weighted by Crippen LogP contribution is 2.34. The molecular weight excluding hydrogens is 155 g/mol. The smallest absolute Gasteiger partial charge is 0.136 e. The second-order valence-corrected chi connectivity index (χ2v) is 2.91. The molecule has 0 amide bonds. The molecule has 1 radical (unpaired) electrons. The van der Waals surface area contributed by atoms with Gasteiger partial charge in [-0.3, -0.25) is 4.79 Å². The van der Waals surface area contributed by atoms with Crippen molar-refractivity contribution in [2.45, 2.75) is 51.3 Å². The normalized spacial score (nSPS) is 47.9. The Morgan fingerprint density at radius 2 is 1.67 bits per heavy atom. The second kappa shape index (κ2) is 2.54. The van der Waals surface area contributed by atoms with Crippen LogP contribution in [0.25, 0.3) is 0 Å². The van der Waals surface area contributed by atoms with Crippen molar-refractivity contribution in [3.05, 3.63) is 0 Å². The summed E-state index contributed by atoms with van der Waals surface area (Å²) in [5, 5.41) is 12.0. The van der Waals surface area contributed by atoms with Gasteiger partial charge in [0.25, 0.3) is 0 Å². The van der Waals surface area contributed by atoms with E-state index in [1.807, 2.05) is 0 Å². The molecule has 1 aliphatic rings. The highest BCUT2D eigenvalue weighted by Gasteiger charge is 2.45. The lowest BCUT2D eigenvalue weighted by atomic mass is 9.85. The van der Waals surface area contributed by atoms with Crippen molar-refractivity contribution in [1.29, 1.82) is 0 Å². The zero-order valence-electron chi connectivity index (χ0n) is 18.2. The topological polar surface area (TPSA) is 40.2 Å². The Hall–Kier alpha value is -0.410. The van der Waals surface area contributed by atoms with E-state index < -0.39 is 62.2 Å². The summed E-state index contributed by atoms with van der Waals surface area (Å²) in [6, 6.07) is 0. The van der Waals surface area contributed by atoms with Crippen LogP contribution in [-0.2, 0) is 10.0 Å². The lowest BCUT2D eigenvalue weighted by Gasteiger charge is -2.45. The average molecular weight is 183 g/mol. The molecule has 0 aromatic rings. The first-order chi connectivity index (χ1) is 10.3. The molecule has 0 unspecified atom stereocenters. The summed E-state index contributed by atoms with van der Waals surface area (Å²) in [7, 11) is 0. The highest BCUT2D eigenvalue weighted by molar-refractivity contribution is 5.81. The van der Waals surface area contributed by atoms with E-state index in [-0.39, 0.29) is 0 Å². The predicted octanol–water partition coefficient (Wildman–Crippen LogP) is 1.55. The van der Waals surface area contributed by atoms with Crippen LogP contribution in [0.5, 0.6) is 0 Å². The van der Waals surface area contributed by atoms with Crippen molar-refractivity contribution in [1.82, 2.24) is 5.06 Å². The fourth-order valence-electron chi connectivity index (χ4n) is 1.10. The second-order valence-electron chi connectivity index (χ2n) is 2.91. The van der Waals surface area contributed by atoms with E-state index in [9.17, 15) is 10.0 Å². The summed E-state index contributed by atoms with van der Waals surface area (Å²) < 4.78 is 89.4. The van der Waals surface area contributed by atoms with Crippen LogP contribution in [0.15, 0.2) is 0 Å². The maximum absolute atomic E-state index is 12.8. The SMILES string of the molecule is [2H]C([2H])([2H])C1(C([2H])([2H])[2H])CC(=O)CC(C([2H])([2H])[2H])(C([2H])([2H])[2H])[15N]1[O]. The molecule has 0 aliphatic carbocycles. The molecule has 1 aliphatic heterocycles. The minimum atomic E-state index is -3.63. The number of ketones is 1. The molecule has 1 rings (SSSR count). The largest absolute Gasteiger partial charge is 0.300 e. The molecule has 0 aromatic heterocycles. The molecule has 0 N–H and O–H groups in total. The fourth-order valence-corrected chi connectivity index (χ4v) is 1.10. The molecule has 69 valence electrons. The van der Waals surface area contributed by atoms with Gasteiger partial charge in [0.1, 0.15) is 5.78 Å². The zero-order valence-corrected chi connectivity index (χ0v) is 6.18. The van der Waals surface area contributed by atoms with Gasteiger partial charge in [0, 0.05) is 29.3 Å². The third kappa shape index (κ3) is 1.52. The number of hydrogen-bond acceptors (Lipinski definition) is 2. The van der Waals surface area contributed by atoms with E-state index >= 15 is 0 Å². The van der Waals surface area contributed by atoms with Gasteiger partial charge < -0.3 is 0 Å². The van der Waals surface area contributed by atoms with Gasteiger partial charge in [-0.2, -0.15) is 0 Å². The molecule has 12 heavy (non-hydrogen) atoms. The highest BCUT2D eigenvalue weighted by atomic mass is 16.8. The minimum Gasteiger partial charge on any atom is -0.300 e. The number of carbonyl (C=O) groups is 1. The molecular formula is C9H16NO2. The van der Waals surface area contributed by atoms with Crippen LogP contribution in [0.2, 0.25) is 0 Å². The quantitative estimate of drug-likeness (QED) is 0.535. The fraction of sp³-hybridized carbons (Fsp3) is 0.889. The zero-order chi connectivity index (χ0) is 19.6. The average Bonchev–Trinajstić information content (AvgIpc) is 2.24. The Morgan fingerprint density at radius 1 is 1.25 bits per heavy atom. The first kappa shape index (κ1) is 2.34. The summed E-state index contributed by atoms with van der Waals surface area (Å²) in [6.45, 7) is -14.5. The summed E-state index contributed by atoms with van der Waals surface area (Å²) in [6.07, 6.45) is -2.59. The summed E-state index contributed by atoms with van der Waals surface area (Å²) >= 11 is 0. The maximum Gasteiger partial charge on any atom is 0.136 e. The van der Waals surface area contributed by atoms with Gasteiger partial charge in [-0.1, -0.05) is 0 Å². The number of Topliss-reactive ketones (excluding diaryl/α,β-unsaturated/α-hetero) is 1. The van der Waals surface area contributed by atoms with Gasteiger partial charge in [0.05, 0.1) is 11.1 Å². The van der Waals surface area contributed by atoms with E-state index in [1.54, 1.807) is 0 Å². The predicted molar refractivity (Wildman–Crippen MR) is 44.9 cm³/mol. The Kier molecular flexibility index (Phi) is 0.494. The third-order valence-electron chi connectivity index (χ3n) is 1.60. The molecule has 0 spiro atoms. The van der Waals surface area contributed by atoms with Gasteiger partial charge in [-0.05, 0) is 27.4 Å². The molecule has 3 nitrogen and oxygen atoms in total. The van der Waals surface area contributed by atoms with Crippen molar-refractivity contribution in [2.75, 3.05) is 0 Å². The first-order valence-electron chi connectivity index (χ1n) is 9.25. The number of rotatable bonds is 0. The molecule has 0 bridgehead atoms. The van der Waals surface area contributed by atoms with Gasteiger partial charge >= 0.3 is 0 Å². The van der Waals surface area contributed by atoms with Crippen LogP contribution < -0.4 is 0 Å². The van der Waals surface area contributed by atoms with E-state index in [4.69, 9.17) is 16.4 Å². The van der Waals surface area contributed by atoms with Crippen LogP contribution >= 0.6 is 0 Å². The third-order valence-corrected chi connectivity index (χ3v) is 1.60. The minimum absolute atomic E-state index is 0.860. The molecule has 1 heterocycles. The first-order valence-corrected chi connectivity index (χ1v) is 3.25. The van der Waals surface area contributed by atoms with Crippen molar-refractivity contribution < 1.29 is 26.5 Å². The van der Waals surface area contributed by atoms with Crippen LogP contribution in [0, 0.1) is 0 Å². The number of hydroxylamine groups is 2. The monoisotopic (exact) mass is 183 g/mol. The molecule has 1 saturated heterocycles. The van der Waals surface area contributed by atoms with E-state index in [0.29, 0.717) is 0 Å². The lowest BCUT2D eigenvalue weighted by molar-refractivity contribution is -0.280. The summed E-state index contributed by atoms with van der Waals surface area (Å²) in [4.78, 5) is 12.1. The standard InChI is InChI=1S/C9H16NO2/c1-8(2)5-7(11)6-9(3,4)10(8)12/h5-6H2,1-4H3/i1D3,2D3,3D3,4D3,10+1. The van der Waals surface area contributed by atoms with Crippen LogP contribution in [0.4, 0.5) is 0 Å². The van der Waals surface area contributed by atoms with E-state index in [1.165, 1.54) is 0 Å². The number of carbonyl (C=O) groups excluding carboxylic acids is 1. The Morgan fingerprint density at radius 3 is 2.00 bits per heavy atom. The van der Waals surface area contributed by atoms with E-state index in [2.05, 4.69) is 0 Å². The molecule has 0 atom stereocenters. The molecule has 1 fully saturated rings. The van der Waals surface area contributed by atoms with Crippen LogP contribution in [-0.4, -0.2) is 21.9 Å². The van der Waals surface area contributed by atoms with Gasteiger partial charge in [-0.25, -0.2) is 0 Å². The summed E-state index contributed by atoms with van der Waals surface area (Å²) in [5.41, 5.74) is -6.92. The van der Waals surface area contributed by atoms with Gasteiger partial charge in [0.2, 0.25) is 0 Å². The van der Waals surface area contributed by atoms with Crippen molar-refractivity contribution in [3.63, 3.8) is 0 Å². The Bertz CT molecular complexity index is 441.